The van der Waals surface area contributed by atoms with E-state index in [1.54, 1.807) is 25.2 Å². The number of ether oxygens (including phenoxy) is 1. The van der Waals surface area contributed by atoms with Crippen molar-refractivity contribution in [1.82, 2.24) is 4.98 Å². The van der Waals surface area contributed by atoms with Crippen molar-refractivity contribution in [3.63, 3.8) is 0 Å². The number of hydrogen-bond donors (Lipinski definition) is 1. The van der Waals surface area contributed by atoms with Crippen molar-refractivity contribution in [1.29, 1.82) is 0 Å². The van der Waals surface area contributed by atoms with Gasteiger partial charge in [0.15, 0.2) is 10.8 Å². The monoisotopic (exact) mass is 358 g/mol. The highest BCUT2D eigenvalue weighted by Gasteiger charge is 2.19. The Labute approximate surface area is 141 Å². The van der Waals surface area contributed by atoms with Crippen LogP contribution in [0.4, 0.5) is 5.13 Å². The average Bonchev–Trinajstić information content (AvgIpc) is 3.00. The van der Waals surface area contributed by atoms with Gasteiger partial charge in [0.1, 0.15) is 6.26 Å². The Kier molecular flexibility index (Phi) is 5.28. The van der Waals surface area contributed by atoms with Gasteiger partial charge in [-0.2, -0.15) is 0 Å². The first kappa shape index (κ1) is 16.6. The second-order valence-corrected chi connectivity index (χ2v) is 5.86. The van der Waals surface area contributed by atoms with Crippen LogP contribution in [0.3, 0.4) is 0 Å². The number of benzene rings is 1. The number of methoxy groups -OCH3 is 1. The van der Waals surface area contributed by atoms with Crippen LogP contribution in [-0.2, 0) is 9.53 Å². The molecule has 22 heavy (non-hydrogen) atoms. The first-order valence-electron chi connectivity index (χ1n) is 6.05. The van der Waals surface area contributed by atoms with E-state index in [0.717, 1.165) is 5.56 Å². The summed E-state index contributed by atoms with van der Waals surface area (Å²) in [6, 6.07) is 5.21. The molecule has 5 nitrogen and oxygen atoms in total. The van der Waals surface area contributed by atoms with Crippen LogP contribution in [0.1, 0.15) is 0 Å². The van der Waals surface area contributed by atoms with Crippen molar-refractivity contribution < 1.29 is 14.6 Å². The number of esters is 1. The molecule has 0 bridgehead atoms. The second-order valence-electron chi connectivity index (χ2n) is 4.21. The molecule has 8 heteroatoms. The lowest BCUT2D eigenvalue weighted by atomic mass is 10.2. The summed E-state index contributed by atoms with van der Waals surface area (Å²) in [6.45, 7) is 0. The van der Waals surface area contributed by atoms with Crippen LogP contribution in [0.5, 0.6) is 0 Å². The highest BCUT2D eigenvalue weighted by molar-refractivity contribution is 7.14. The molecule has 1 heterocycles. The first-order valence-corrected chi connectivity index (χ1v) is 7.69. The van der Waals surface area contributed by atoms with E-state index >= 15 is 0 Å². The molecule has 0 spiro atoms. The molecule has 2 aromatic rings. The summed E-state index contributed by atoms with van der Waals surface area (Å²) in [5, 5.41) is 12.4. The number of likely N-dealkylation sites (N-methyl/N-ethyl adjacent to an activating group) is 1. The summed E-state index contributed by atoms with van der Waals surface area (Å²) in [5.41, 5.74) is 1.48. The maximum atomic E-state index is 11.6. The lowest BCUT2D eigenvalue weighted by Gasteiger charge is -2.16. The Morgan fingerprint density at radius 1 is 1.41 bits per heavy atom. The van der Waals surface area contributed by atoms with E-state index in [1.807, 2.05) is 5.38 Å². The van der Waals surface area contributed by atoms with E-state index in [-0.39, 0.29) is 5.70 Å². The van der Waals surface area contributed by atoms with Crippen LogP contribution >= 0.6 is 34.5 Å². The topological polar surface area (TPSA) is 62.7 Å². The van der Waals surface area contributed by atoms with E-state index in [1.165, 1.54) is 23.3 Å². The Morgan fingerprint density at radius 3 is 2.73 bits per heavy atom. The van der Waals surface area contributed by atoms with Crippen LogP contribution in [0.25, 0.3) is 11.3 Å². The van der Waals surface area contributed by atoms with Gasteiger partial charge in [0.05, 0.1) is 22.8 Å². The van der Waals surface area contributed by atoms with Crippen molar-refractivity contribution in [2.75, 3.05) is 19.1 Å². The number of aliphatic hydroxyl groups is 1. The number of halogens is 2. The summed E-state index contributed by atoms with van der Waals surface area (Å²) in [7, 11) is 2.85. The lowest BCUT2D eigenvalue weighted by Crippen LogP contribution is -2.24. The van der Waals surface area contributed by atoms with Crippen LogP contribution in [0.2, 0.25) is 10.0 Å². The van der Waals surface area contributed by atoms with Crippen LogP contribution < -0.4 is 4.90 Å². The fourth-order valence-corrected chi connectivity index (χ4v) is 2.80. The molecule has 0 saturated heterocycles. The number of hydrogen-bond acceptors (Lipinski definition) is 6. The molecule has 0 atom stereocenters. The molecule has 116 valence electrons. The highest BCUT2D eigenvalue weighted by Crippen LogP contribution is 2.32. The summed E-state index contributed by atoms with van der Waals surface area (Å²) in [5.74, 6) is -0.656. The molecule has 0 radical (unpaired) electrons. The van der Waals surface area contributed by atoms with E-state index < -0.39 is 5.97 Å². The van der Waals surface area contributed by atoms with Crippen LogP contribution in [0, 0.1) is 0 Å². The third-order valence-electron chi connectivity index (χ3n) is 2.87. The van der Waals surface area contributed by atoms with Gasteiger partial charge >= 0.3 is 5.97 Å². The number of anilines is 1. The molecule has 0 saturated carbocycles. The SMILES string of the molecule is COC(=O)/C(=C\O)N(C)c1nc(-c2ccc(Cl)c(Cl)c2)cs1. The minimum atomic E-state index is -0.656. The zero-order valence-electron chi connectivity index (χ0n) is 11.7. The van der Waals surface area contributed by atoms with Gasteiger partial charge in [-0.05, 0) is 12.1 Å². The molecule has 0 aliphatic carbocycles. The number of carbonyl (C=O) groups is 1. The van der Waals surface area contributed by atoms with Crippen LogP contribution in [-0.4, -0.2) is 30.2 Å². The zero-order chi connectivity index (χ0) is 16.3. The zero-order valence-corrected chi connectivity index (χ0v) is 14.0. The van der Waals surface area contributed by atoms with E-state index in [0.29, 0.717) is 27.1 Å². The maximum Gasteiger partial charge on any atom is 0.357 e. The Morgan fingerprint density at radius 2 is 2.14 bits per heavy atom. The van der Waals surface area contributed by atoms with Gasteiger partial charge in [-0.25, -0.2) is 9.78 Å². The van der Waals surface area contributed by atoms with Crippen molar-refractivity contribution in [2.24, 2.45) is 0 Å². The summed E-state index contributed by atoms with van der Waals surface area (Å²) in [4.78, 5) is 17.4. The smallest absolute Gasteiger partial charge is 0.357 e. The fraction of sp³-hybridized carbons (Fsp3) is 0.143. The number of carbonyl (C=O) groups excluding carboxylic acids is 1. The van der Waals surface area contributed by atoms with Gasteiger partial charge in [0.2, 0.25) is 0 Å². The van der Waals surface area contributed by atoms with E-state index in [4.69, 9.17) is 23.2 Å². The molecule has 0 unspecified atom stereocenters. The Bertz CT molecular complexity index is 731. The predicted octanol–water partition coefficient (Wildman–Crippen LogP) is 4.13. The van der Waals surface area contributed by atoms with Gasteiger partial charge < -0.3 is 14.7 Å². The quantitative estimate of drug-likeness (QED) is 0.505. The van der Waals surface area contributed by atoms with Gasteiger partial charge in [-0.15, -0.1) is 11.3 Å². The van der Waals surface area contributed by atoms with Gasteiger partial charge in [0, 0.05) is 18.0 Å². The molecule has 2 rings (SSSR count). The summed E-state index contributed by atoms with van der Waals surface area (Å²) in [6.07, 6.45) is 0.687. The van der Waals surface area contributed by atoms with Crippen molar-refractivity contribution in [3.05, 3.63) is 45.6 Å². The summed E-state index contributed by atoms with van der Waals surface area (Å²) >= 11 is 13.2. The number of aliphatic hydroxyl groups excluding tert-OH is 1. The van der Waals surface area contributed by atoms with Gasteiger partial charge in [-0.3, -0.25) is 0 Å². The van der Waals surface area contributed by atoms with Crippen molar-refractivity contribution in [2.45, 2.75) is 0 Å². The molecule has 1 aromatic carbocycles. The minimum absolute atomic E-state index is 0.0162. The number of aromatic nitrogens is 1. The minimum Gasteiger partial charge on any atom is -0.513 e. The highest BCUT2D eigenvalue weighted by atomic mass is 35.5. The molecule has 1 N–H and O–H groups in total. The molecule has 0 fully saturated rings. The second kappa shape index (κ2) is 7.00. The lowest BCUT2D eigenvalue weighted by molar-refractivity contribution is -0.136. The van der Waals surface area contributed by atoms with E-state index in [2.05, 4.69) is 9.72 Å². The van der Waals surface area contributed by atoms with Gasteiger partial charge in [-0.1, -0.05) is 29.3 Å². The normalized spacial score (nSPS) is 11.4. The van der Waals surface area contributed by atoms with E-state index in [9.17, 15) is 9.90 Å². The first-order chi connectivity index (χ1) is 10.5. The third-order valence-corrected chi connectivity index (χ3v) is 4.53. The Balaban J connectivity index is 2.31. The third kappa shape index (κ3) is 3.35. The standard InChI is InChI=1S/C14H12Cl2N2O3S/c1-18(12(6-19)13(20)21-2)14-17-11(7-22-14)8-3-4-9(15)10(16)5-8/h3-7,19H,1-2H3/b12-6+. The summed E-state index contributed by atoms with van der Waals surface area (Å²) < 4.78 is 4.60. The largest absolute Gasteiger partial charge is 0.513 e. The molecule has 0 aliphatic rings. The number of thiazole rings is 1. The predicted molar refractivity (Wildman–Crippen MR) is 88.7 cm³/mol. The van der Waals surface area contributed by atoms with Crippen LogP contribution in [0.15, 0.2) is 35.5 Å². The fourth-order valence-electron chi connectivity index (χ4n) is 1.69. The maximum absolute atomic E-state index is 11.6. The molecule has 0 amide bonds. The molecule has 0 aliphatic heterocycles. The molecular weight excluding hydrogens is 347 g/mol. The Hall–Kier alpha value is -1.76. The van der Waals surface area contributed by atoms with Crippen molar-refractivity contribution in [3.8, 4) is 11.3 Å². The van der Waals surface area contributed by atoms with Crippen molar-refractivity contribution >= 4 is 45.6 Å². The molecular formula is C14H12Cl2N2O3S. The van der Waals surface area contributed by atoms with Gasteiger partial charge in [0.25, 0.3) is 0 Å². The number of nitrogens with zero attached hydrogens (tertiary/aromatic N) is 2. The average molecular weight is 359 g/mol. The number of rotatable bonds is 4. The molecule has 1 aromatic heterocycles.